The summed E-state index contributed by atoms with van der Waals surface area (Å²) in [4.78, 5) is 11.5. The fourth-order valence-electron chi connectivity index (χ4n) is 0.690. The summed E-state index contributed by atoms with van der Waals surface area (Å²) in [6, 6.07) is 0.977. The Hall–Kier alpha value is -0.166. The van der Waals surface area contributed by atoms with Gasteiger partial charge in [0.15, 0.2) is 0 Å². The van der Waals surface area contributed by atoms with E-state index in [-0.39, 0.29) is 0 Å². The fourth-order valence-corrected chi connectivity index (χ4v) is 3.07. The van der Waals surface area contributed by atoms with Crippen LogP contribution in [0.15, 0.2) is 25.3 Å². The topological polar surface area (TPSA) is 29.1 Å². The second-order valence-corrected chi connectivity index (χ2v) is 6.37. The molecule has 0 aromatic heterocycles. The molecule has 1 radical (unpaired) electrons. The lowest BCUT2D eigenvalue weighted by Gasteiger charge is -2.16. The molecule has 0 aliphatic carbocycles. The minimum atomic E-state index is -2.65. The van der Waals surface area contributed by atoms with E-state index in [2.05, 4.69) is 13.2 Å². The zero-order valence-electron chi connectivity index (χ0n) is 6.30. The average molecular weight is 173 g/mol. The monoisotopic (exact) mass is 173 g/mol. The predicted octanol–water partition coefficient (Wildman–Crippen LogP) is 0.528. The molecule has 57 valence electrons. The molecule has 0 amide bonds. The van der Waals surface area contributed by atoms with Crippen LogP contribution < -0.4 is 0 Å². The van der Waals surface area contributed by atoms with E-state index in [0.717, 1.165) is 0 Å². The maximum Gasteiger partial charge on any atom is 0.370 e. The smallest absolute Gasteiger partial charge is 0.370 e. The maximum atomic E-state index is 11.5. The van der Waals surface area contributed by atoms with Crippen LogP contribution in [0.2, 0.25) is 12.1 Å². The molecule has 0 heterocycles. The van der Waals surface area contributed by atoms with Crippen LogP contribution >= 0.6 is 0 Å². The Balaban J connectivity index is 3.92. The van der Waals surface area contributed by atoms with E-state index in [1.807, 2.05) is 0 Å². The lowest BCUT2D eigenvalue weighted by Crippen LogP contribution is -2.34. The molecule has 0 atom stereocenters. The van der Waals surface area contributed by atoms with Crippen molar-refractivity contribution < 1.29 is 8.91 Å². The van der Waals surface area contributed by atoms with Gasteiger partial charge in [0, 0.05) is 12.1 Å². The third-order valence-corrected chi connectivity index (χ3v) is 6.08. The molecule has 2 nitrogen and oxygen atoms in total. The number of allylic oxidation sites excluding steroid dienone is 2. The third-order valence-electron chi connectivity index (χ3n) is 1.28. The van der Waals surface area contributed by atoms with Crippen molar-refractivity contribution >= 4 is 19.0 Å². The Morgan fingerprint density at radius 1 is 1.40 bits per heavy atom. The standard InChI is InChI=1S/C6H13O2Si2/c1-3-5-10(7,8-9)6-4-2/h3-4H,1-2,5-6H2,9H3. The van der Waals surface area contributed by atoms with E-state index in [1.165, 1.54) is 0 Å². The van der Waals surface area contributed by atoms with E-state index >= 15 is 0 Å². The van der Waals surface area contributed by atoms with Gasteiger partial charge < -0.3 is 4.12 Å². The molecule has 10 heavy (non-hydrogen) atoms. The van der Waals surface area contributed by atoms with Gasteiger partial charge in [-0.15, -0.1) is 13.2 Å². The molecule has 0 saturated carbocycles. The van der Waals surface area contributed by atoms with Gasteiger partial charge in [-0.3, -0.25) is 4.80 Å². The summed E-state index contributed by atoms with van der Waals surface area (Å²) in [5, 5.41) is 0. The van der Waals surface area contributed by atoms with Crippen molar-refractivity contribution in [2.45, 2.75) is 12.1 Å². The van der Waals surface area contributed by atoms with Crippen LogP contribution in [0.25, 0.3) is 0 Å². The molecule has 0 saturated heterocycles. The van der Waals surface area contributed by atoms with Crippen molar-refractivity contribution in [1.82, 2.24) is 0 Å². The Bertz CT molecular complexity index is 115. The first-order valence-corrected chi connectivity index (χ1v) is 6.20. The largest absolute Gasteiger partial charge is 0.443 e. The van der Waals surface area contributed by atoms with E-state index in [4.69, 9.17) is 4.12 Å². The quantitative estimate of drug-likeness (QED) is 0.440. The zero-order valence-corrected chi connectivity index (χ0v) is 9.30. The van der Waals surface area contributed by atoms with Crippen molar-refractivity contribution in [3.05, 3.63) is 25.3 Å². The number of hydrogen-bond donors (Lipinski definition) is 0. The van der Waals surface area contributed by atoms with Gasteiger partial charge in [0.25, 0.3) is 0 Å². The van der Waals surface area contributed by atoms with Gasteiger partial charge in [-0.2, -0.15) is 0 Å². The van der Waals surface area contributed by atoms with Crippen LogP contribution in [-0.2, 0) is 8.91 Å². The second-order valence-electron chi connectivity index (χ2n) is 2.10. The molecule has 0 bridgehead atoms. The van der Waals surface area contributed by atoms with E-state index < -0.39 is 8.56 Å². The Kier molecular flexibility index (Phi) is 4.54. The molecule has 0 rings (SSSR count). The molecule has 0 aliphatic rings. The number of hydrogen-bond acceptors (Lipinski definition) is 1. The summed E-state index contributed by atoms with van der Waals surface area (Å²) in [7, 11) is -2.12. The average Bonchev–Trinajstić information content (AvgIpc) is 1.89. The number of rotatable bonds is 5. The lowest BCUT2D eigenvalue weighted by molar-refractivity contribution is 0.322. The van der Waals surface area contributed by atoms with Crippen LogP contribution in [0.4, 0.5) is 0 Å². The summed E-state index contributed by atoms with van der Waals surface area (Å²) in [6.07, 6.45) is 3.28. The minimum absolute atomic E-state index is 0.489. The summed E-state index contributed by atoms with van der Waals surface area (Å²) in [5.74, 6) is 0. The summed E-state index contributed by atoms with van der Waals surface area (Å²) < 4.78 is 5.00. The van der Waals surface area contributed by atoms with Crippen LogP contribution in [-0.4, -0.2) is 19.0 Å². The molecule has 4 heteroatoms. The second kappa shape index (κ2) is 4.62. The molecular weight excluding hydrogens is 160 g/mol. The van der Waals surface area contributed by atoms with Crippen molar-refractivity contribution in [3.8, 4) is 0 Å². The van der Waals surface area contributed by atoms with Crippen LogP contribution in [0.3, 0.4) is 0 Å². The van der Waals surface area contributed by atoms with Crippen LogP contribution in [0.1, 0.15) is 0 Å². The van der Waals surface area contributed by atoms with Crippen molar-refractivity contribution in [2.75, 3.05) is 0 Å². The van der Waals surface area contributed by atoms with Crippen molar-refractivity contribution in [3.63, 3.8) is 0 Å². The highest BCUT2D eigenvalue weighted by atomic mass is 28.4. The lowest BCUT2D eigenvalue weighted by atomic mass is 10.7. The van der Waals surface area contributed by atoms with E-state index in [9.17, 15) is 4.80 Å². The third kappa shape index (κ3) is 3.12. The zero-order chi connectivity index (χ0) is 8.04. The highest BCUT2D eigenvalue weighted by Gasteiger charge is 2.30. The Labute approximate surface area is 66.0 Å². The van der Waals surface area contributed by atoms with E-state index in [1.54, 1.807) is 12.2 Å². The fraction of sp³-hybridized carbons (Fsp3) is 0.333. The van der Waals surface area contributed by atoms with E-state index in [0.29, 0.717) is 22.6 Å². The Morgan fingerprint density at radius 2 is 1.80 bits per heavy atom. The van der Waals surface area contributed by atoms with Gasteiger partial charge in [0.2, 0.25) is 0 Å². The van der Waals surface area contributed by atoms with Gasteiger partial charge in [-0.25, -0.2) is 0 Å². The SMILES string of the molecule is C=CC[Si]([O])(CC=C)O[SiH3]. The summed E-state index contributed by atoms with van der Waals surface area (Å²) in [5.41, 5.74) is 0. The maximum absolute atomic E-state index is 11.5. The molecular formula is C6H13O2Si2. The molecule has 0 fully saturated rings. The Morgan fingerprint density at radius 3 is 2.00 bits per heavy atom. The molecule has 0 aromatic carbocycles. The van der Waals surface area contributed by atoms with Crippen LogP contribution in [0, 0.1) is 0 Å². The molecule has 0 spiro atoms. The van der Waals surface area contributed by atoms with Gasteiger partial charge in [-0.05, 0) is 0 Å². The first-order chi connectivity index (χ1) is 4.68. The summed E-state index contributed by atoms with van der Waals surface area (Å²) in [6.45, 7) is 7.02. The molecule has 0 aliphatic heterocycles. The van der Waals surface area contributed by atoms with Crippen LogP contribution in [0.5, 0.6) is 0 Å². The van der Waals surface area contributed by atoms with Crippen molar-refractivity contribution in [1.29, 1.82) is 0 Å². The first kappa shape index (κ1) is 9.83. The normalized spacial score (nSPS) is 11.3. The van der Waals surface area contributed by atoms with Gasteiger partial charge in [0.05, 0.1) is 0 Å². The first-order valence-electron chi connectivity index (χ1n) is 3.16. The van der Waals surface area contributed by atoms with Crippen molar-refractivity contribution in [2.24, 2.45) is 0 Å². The molecule has 0 N–H and O–H groups in total. The van der Waals surface area contributed by atoms with Gasteiger partial charge >= 0.3 is 8.56 Å². The molecule has 0 unspecified atom stereocenters. The molecule has 0 aromatic rings. The minimum Gasteiger partial charge on any atom is -0.443 e. The highest BCUT2D eigenvalue weighted by molar-refractivity contribution is 6.69. The highest BCUT2D eigenvalue weighted by Crippen LogP contribution is 2.13. The summed E-state index contributed by atoms with van der Waals surface area (Å²) >= 11 is 0. The predicted molar refractivity (Wildman–Crippen MR) is 47.5 cm³/mol. The van der Waals surface area contributed by atoms with Gasteiger partial charge in [-0.1, -0.05) is 12.2 Å². The van der Waals surface area contributed by atoms with Gasteiger partial charge in [0.1, 0.15) is 10.5 Å².